The van der Waals surface area contributed by atoms with E-state index in [1.165, 1.54) is 12.8 Å². The second-order valence-electron chi connectivity index (χ2n) is 4.18. The van der Waals surface area contributed by atoms with Crippen LogP contribution in [0.5, 0.6) is 0 Å². The topological polar surface area (TPSA) is 52.0 Å². The highest BCUT2D eigenvalue weighted by molar-refractivity contribution is 5.42. The van der Waals surface area contributed by atoms with Gasteiger partial charge in [0, 0.05) is 19.1 Å². The van der Waals surface area contributed by atoms with E-state index in [0.717, 1.165) is 24.8 Å². The number of nitriles is 1. The van der Waals surface area contributed by atoms with E-state index < -0.39 is 0 Å². The highest BCUT2D eigenvalue weighted by Crippen LogP contribution is 2.24. The maximum Gasteiger partial charge on any atom is 0.140 e. The van der Waals surface area contributed by atoms with Gasteiger partial charge in [0.25, 0.3) is 0 Å². The molecule has 0 aliphatic heterocycles. The van der Waals surface area contributed by atoms with Gasteiger partial charge in [0.15, 0.2) is 0 Å². The molecule has 16 heavy (non-hydrogen) atoms. The minimum absolute atomic E-state index is 0.459. The first-order valence-electron chi connectivity index (χ1n) is 5.60. The van der Waals surface area contributed by atoms with E-state index in [2.05, 4.69) is 22.2 Å². The molecule has 84 valence electrons. The van der Waals surface area contributed by atoms with Crippen molar-refractivity contribution in [1.82, 2.24) is 9.88 Å². The van der Waals surface area contributed by atoms with E-state index in [0.29, 0.717) is 5.69 Å². The van der Waals surface area contributed by atoms with Crippen LogP contribution in [-0.2, 0) is 0 Å². The molecule has 1 aliphatic rings. The molecule has 4 nitrogen and oxygen atoms in total. The number of hydrogen-bond acceptors (Lipinski definition) is 4. The number of nitrogens with one attached hydrogen (secondary N) is 1. The van der Waals surface area contributed by atoms with Gasteiger partial charge in [-0.2, -0.15) is 5.26 Å². The van der Waals surface area contributed by atoms with Crippen LogP contribution in [0.4, 0.5) is 5.69 Å². The molecule has 0 radical (unpaired) electrons. The number of nitrogens with zero attached hydrogens (tertiary/aromatic N) is 3. The van der Waals surface area contributed by atoms with Gasteiger partial charge >= 0.3 is 0 Å². The molecule has 0 saturated heterocycles. The van der Waals surface area contributed by atoms with E-state index in [4.69, 9.17) is 5.26 Å². The zero-order valence-corrected chi connectivity index (χ0v) is 9.48. The zero-order valence-electron chi connectivity index (χ0n) is 9.48. The minimum Gasteiger partial charge on any atom is -0.383 e. The van der Waals surface area contributed by atoms with Crippen LogP contribution in [0.15, 0.2) is 18.3 Å². The third-order valence-corrected chi connectivity index (χ3v) is 2.84. The molecule has 2 rings (SSSR count). The molecule has 0 atom stereocenters. The molecule has 1 aliphatic carbocycles. The molecule has 0 bridgehead atoms. The van der Waals surface area contributed by atoms with Gasteiger partial charge in [-0.3, -0.25) is 0 Å². The molecule has 1 N–H and O–H groups in total. The van der Waals surface area contributed by atoms with Crippen LogP contribution >= 0.6 is 0 Å². The van der Waals surface area contributed by atoms with Crippen molar-refractivity contribution in [3.8, 4) is 6.07 Å². The van der Waals surface area contributed by atoms with Gasteiger partial charge in [-0.1, -0.05) is 0 Å². The Bertz CT molecular complexity index is 375. The van der Waals surface area contributed by atoms with Crippen molar-refractivity contribution in [2.24, 2.45) is 0 Å². The average molecular weight is 216 g/mol. The lowest BCUT2D eigenvalue weighted by molar-refractivity contribution is 0.337. The van der Waals surface area contributed by atoms with Crippen LogP contribution in [-0.4, -0.2) is 36.1 Å². The summed E-state index contributed by atoms with van der Waals surface area (Å²) >= 11 is 0. The molecule has 1 saturated carbocycles. The quantitative estimate of drug-likeness (QED) is 0.809. The monoisotopic (exact) mass is 216 g/mol. The third-order valence-electron chi connectivity index (χ3n) is 2.84. The van der Waals surface area contributed by atoms with E-state index in [9.17, 15) is 0 Å². The van der Waals surface area contributed by atoms with Crippen molar-refractivity contribution >= 4 is 5.69 Å². The maximum absolute atomic E-state index is 8.61. The number of pyridine rings is 1. The van der Waals surface area contributed by atoms with Crippen LogP contribution in [0.25, 0.3) is 0 Å². The van der Waals surface area contributed by atoms with Gasteiger partial charge in [0.05, 0.1) is 11.9 Å². The molecule has 1 fully saturated rings. The normalized spacial score (nSPS) is 14.8. The predicted octanol–water partition coefficient (Wildman–Crippen LogP) is 1.46. The molecule has 1 heterocycles. The van der Waals surface area contributed by atoms with E-state index in [1.54, 1.807) is 12.3 Å². The summed E-state index contributed by atoms with van der Waals surface area (Å²) < 4.78 is 0. The largest absolute Gasteiger partial charge is 0.383 e. The molecule has 4 heteroatoms. The molecule has 0 unspecified atom stereocenters. The first-order chi connectivity index (χ1) is 7.79. The van der Waals surface area contributed by atoms with Gasteiger partial charge in [0.2, 0.25) is 0 Å². The number of aromatic nitrogens is 1. The lowest BCUT2D eigenvalue weighted by Crippen LogP contribution is -2.27. The number of anilines is 1. The molecule has 1 aromatic rings. The van der Waals surface area contributed by atoms with E-state index in [1.807, 2.05) is 12.1 Å². The number of hydrogen-bond donors (Lipinski definition) is 1. The highest BCUT2D eigenvalue weighted by atomic mass is 15.2. The van der Waals surface area contributed by atoms with Gasteiger partial charge in [-0.15, -0.1) is 0 Å². The van der Waals surface area contributed by atoms with Crippen molar-refractivity contribution in [2.45, 2.75) is 18.9 Å². The Morgan fingerprint density at radius 1 is 1.56 bits per heavy atom. The van der Waals surface area contributed by atoms with Crippen LogP contribution in [0.1, 0.15) is 18.5 Å². The lowest BCUT2D eigenvalue weighted by Gasteiger charge is -2.16. The Balaban J connectivity index is 1.74. The summed E-state index contributed by atoms with van der Waals surface area (Å²) in [5, 5.41) is 11.9. The Hall–Kier alpha value is -1.60. The summed E-state index contributed by atoms with van der Waals surface area (Å²) in [4.78, 5) is 6.38. The molecular formula is C12H16N4. The minimum atomic E-state index is 0.459. The molecule has 0 spiro atoms. The molecular weight excluding hydrogens is 200 g/mol. The van der Waals surface area contributed by atoms with E-state index in [-0.39, 0.29) is 0 Å². The molecule has 0 amide bonds. The summed E-state index contributed by atoms with van der Waals surface area (Å²) in [6, 6.07) is 6.43. The maximum atomic E-state index is 8.61. The van der Waals surface area contributed by atoms with Crippen LogP contribution in [0.3, 0.4) is 0 Å². The summed E-state index contributed by atoms with van der Waals surface area (Å²) in [5.74, 6) is 0. The average Bonchev–Trinajstić information content (AvgIpc) is 3.14. The Morgan fingerprint density at radius 2 is 2.38 bits per heavy atom. The Labute approximate surface area is 95.9 Å². The van der Waals surface area contributed by atoms with Crippen molar-refractivity contribution < 1.29 is 0 Å². The Kier molecular flexibility index (Phi) is 3.37. The first-order valence-corrected chi connectivity index (χ1v) is 5.60. The molecule has 0 aromatic carbocycles. The zero-order chi connectivity index (χ0) is 11.4. The lowest BCUT2D eigenvalue weighted by atomic mass is 10.3. The first kappa shape index (κ1) is 10.9. The van der Waals surface area contributed by atoms with Crippen LogP contribution in [0, 0.1) is 11.3 Å². The van der Waals surface area contributed by atoms with Gasteiger partial charge in [-0.05, 0) is 32.0 Å². The smallest absolute Gasteiger partial charge is 0.140 e. The second kappa shape index (κ2) is 4.95. The van der Waals surface area contributed by atoms with Crippen molar-refractivity contribution in [1.29, 1.82) is 5.26 Å². The summed E-state index contributed by atoms with van der Waals surface area (Å²) in [5.41, 5.74) is 1.43. The standard InChI is InChI=1S/C12H16N4/c1-16(12-4-5-12)7-6-14-11-3-2-10(8-13)15-9-11/h2-3,9,12,14H,4-7H2,1H3. The van der Waals surface area contributed by atoms with Gasteiger partial charge < -0.3 is 10.2 Å². The number of likely N-dealkylation sites (N-methyl/N-ethyl adjacent to an activating group) is 1. The van der Waals surface area contributed by atoms with Crippen LogP contribution < -0.4 is 5.32 Å². The Morgan fingerprint density at radius 3 is 2.94 bits per heavy atom. The van der Waals surface area contributed by atoms with Crippen LogP contribution in [0.2, 0.25) is 0 Å². The predicted molar refractivity (Wildman–Crippen MR) is 63.1 cm³/mol. The summed E-state index contributed by atoms with van der Waals surface area (Å²) in [6.45, 7) is 1.96. The molecule has 1 aromatic heterocycles. The van der Waals surface area contributed by atoms with Crippen molar-refractivity contribution in [2.75, 3.05) is 25.5 Å². The second-order valence-corrected chi connectivity index (χ2v) is 4.18. The third kappa shape index (κ3) is 2.94. The summed E-state index contributed by atoms with van der Waals surface area (Å²) in [6.07, 6.45) is 4.39. The van der Waals surface area contributed by atoms with E-state index >= 15 is 0 Å². The fourth-order valence-corrected chi connectivity index (χ4v) is 1.64. The fourth-order valence-electron chi connectivity index (χ4n) is 1.64. The highest BCUT2D eigenvalue weighted by Gasteiger charge is 2.25. The summed E-state index contributed by atoms with van der Waals surface area (Å²) in [7, 11) is 2.16. The van der Waals surface area contributed by atoms with Crippen molar-refractivity contribution in [3.05, 3.63) is 24.0 Å². The van der Waals surface area contributed by atoms with Gasteiger partial charge in [-0.25, -0.2) is 4.98 Å². The van der Waals surface area contributed by atoms with Crippen molar-refractivity contribution in [3.63, 3.8) is 0 Å². The fraction of sp³-hybridized carbons (Fsp3) is 0.500. The van der Waals surface area contributed by atoms with Gasteiger partial charge in [0.1, 0.15) is 11.8 Å². The SMILES string of the molecule is CN(CCNc1ccc(C#N)nc1)C1CC1. The number of rotatable bonds is 5.